The minimum atomic E-state index is -0.383. The molecule has 0 radical (unpaired) electrons. The molecule has 0 unspecified atom stereocenters. The molecule has 1 aliphatic rings. The van der Waals surface area contributed by atoms with Crippen molar-refractivity contribution in [3.8, 4) is 0 Å². The maximum absolute atomic E-state index is 11.0. The molecule has 1 rings (SSSR count). The second kappa shape index (κ2) is 4.61. The van der Waals surface area contributed by atoms with Gasteiger partial charge in [0.25, 0.3) is 0 Å². The van der Waals surface area contributed by atoms with Gasteiger partial charge in [0.05, 0.1) is 5.92 Å². The molecular weight excluding hydrogens is 192 g/mol. The highest BCUT2D eigenvalue weighted by atomic mass is 35.5. The Morgan fingerprint density at radius 3 is 2.46 bits per heavy atom. The van der Waals surface area contributed by atoms with Crippen LogP contribution in [0.2, 0.25) is 0 Å². The number of rotatable bonds is 2. The molecule has 0 N–H and O–H groups in total. The highest BCUT2D eigenvalue weighted by molar-refractivity contribution is 6.64. The average molecular weight is 205 g/mol. The van der Waals surface area contributed by atoms with E-state index in [1.54, 1.807) is 0 Å². The fourth-order valence-corrected chi connectivity index (χ4v) is 1.96. The third-order valence-electron chi connectivity index (χ3n) is 2.31. The standard InChI is InChI=1S/C9H13ClO3/c1-6(11)13-8-5-3-2-4-7(8)9(10)12/h7-8H,2-5H2,1H3/t7-,8+/m1/s1. The van der Waals surface area contributed by atoms with Crippen molar-refractivity contribution in [3.63, 3.8) is 0 Å². The highest BCUT2D eigenvalue weighted by Gasteiger charge is 2.31. The molecule has 1 fully saturated rings. The SMILES string of the molecule is CC(=O)O[C@H]1CCCC[C@H]1C(=O)Cl. The minimum Gasteiger partial charge on any atom is -0.462 e. The number of carbonyl (C=O) groups is 2. The van der Waals surface area contributed by atoms with Crippen LogP contribution >= 0.6 is 11.6 Å². The van der Waals surface area contributed by atoms with Crippen molar-refractivity contribution in [2.75, 3.05) is 0 Å². The van der Waals surface area contributed by atoms with Crippen LogP contribution in [0.15, 0.2) is 0 Å². The summed E-state index contributed by atoms with van der Waals surface area (Å²) in [6, 6.07) is 0. The number of hydrogen-bond acceptors (Lipinski definition) is 3. The normalized spacial score (nSPS) is 28.2. The van der Waals surface area contributed by atoms with Crippen LogP contribution in [0.3, 0.4) is 0 Å². The summed E-state index contributed by atoms with van der Waals surface area (Å²) in [6.45, 7) is 1.35. The molecule has 0 heterocycles. The second-order valence-corrected chi connectivity index (χ2v) is 3.72. The Labute approximate surface area is 82.4 Å². The van der Waals surface area contributed by atoms with E-state index in [9.17, 15) is 9.59 Å². The topological polar surface area (TPSA) is 43.4 Å². The number of hydrogen-bond donors (Lipinski definition) is 0. The van der Waals surface area contributed by atoms with Gasteiger partial charge in [-0.2, -0.15) is 0 Å². The molecule has 74 valence electrons. The number of carbonyl (C=O) groups excluding carboxylic acids is 2. The van der Waals surface area contributed by atoms with Crippen molar-refractivity contribution in [1.82, 2.24) is 0 Å². The van der Waals surface area contributed by atoms with Gasteiger partial charge >= 0.3 is 5.97 Å². The molecule has 0 amide bonds. The summed E-state index contributed by atoms with van der Waals surface area (Å²) in [5.74, 6) is -0.630. The van der Waals surface area contributed by atoms with E-state index in [-0.39, 0.29) is 23.2 Å². The van der Waals surface area contributed by atoms with E-state index in [1.807, 2.05) is 0 Å². The van der Waals surface area contributed by atoms with Gasteiger partial charge in [-0.05, 0) is 30.9 Å². The van der Waals surface area contributed by atoms with E-state index >= 15 is 0 Å². The quantitative estimate of drug-likeness (QED) is 0.510. The van der Waals surface area contributed by atoms with Crippen LogP contribution in [-0.4, -0.2) is 17.3 Å². The molecule has 4 heteroatoms. The predicted molar refractivity (Wildman–Crippen MR) is 48.4 cm³/mol. The molecule has 13 heavy (non-hydrogen) atoms. The average Bonchev–Trinajstić information content (AvgIpc) is 2.03. The van der Waals surface area contributed by atoms with Gasteiger partial charge in [-0.3, -0.25) is 9.59 Å². The van der Waals surface area contributed by atoms with Crippen LogP contribution in [0.1, 0.15) is 32.6 Å². The summed E-state index contributed by atoms with van der Waals surface area (Å²) in [5.41, 5.74) is 0. The predicted octanol–water partition coefficient (Wildman–Crippen LogP) is 1.87. The lowest BCUT2D eigenvalue weighted by molar-refractivity contribution is -0.151. The Balaban J connectivity index is 2.56. The molecule has 0 aromatic rings. The van der Waals surface area contributed by atoms with Crippen LogP contribution in [0.25, 0.3) is 0 Å². The van der Waals surface area contributed by atoms with Crippen LogP contribution in [-0.2, 0) is 14.3 Å². The van der Waals surface area contributed by atoms with Crippen LogP contribution in [0.4, 0.5) is 0 Å². The summed E-state index contributed by atoms with van der Waals surface area (Å²) in [4.78, 5) is 21.7. The summed E-state index contributed by atoms with van der Waals surface area (Å²) in [6.07, 6.45) is 3.18. The summed E-state index contributed by atoms with van der Waals surface area (Å²) >= 11 is 5.40. The molecule has 0 bridgehead atoms. The molecule has 0 saturated heterocycles. The van der Waals surface area contributed by atoms with Crippen molar-refractivity contribution in [2.24, 2.45) is 5.92 Å². The summed E-state index contributed by atoms with van der Waals surface area (Å²) in [7, 11) is 0. The van der Waals surface area contributed by atoms with Gasteiger partial charge in [0.1, 0.15) is 6.10 Å². The van der Waals surface area contributed by atoms with E-state index in [0.717, 1.165) is 25.7 Å². The number of halogens is 1. The zero-order valence-corrected chi connectivity index (χ0v) is 8.34. The monoisotopic (exact) mass is 204 g/mol. The third-order valence-corrected chi connectivity index (χ3v) is 2.59. The lowest BCUT2D eigenvalue weighted by atomic mass is 9.87. The van der Waals surface area contributed by atoms with Crippen molar-refractivity contribution in [2.45, 2.75) is 38.7 Å². The Kier molecular flexibility index (Phi) is 3.72. The van der Waals surface area contributed by atoms with E-state index in [4.69, 9.17) is 16.3 Å². The van der Waals surface area contributed by atoms with Crippen LogP contribution in [0, 0.1) is 5.92 Å². The maximum atomic E-state index is 11.0. The molecule has 1 aliphatic carbocycles. The molecule has 0 aliphatic heterocycles. The number of ether oxygens (including phenoxy) is 1. The molecular formula is C9H13ClO3. The van der Waals surface area contributed by atoms with Gasteiger partial charge in [-0.15, -0.1) is 0 Å². The Morgan fingerprint density at radius 2 is 1.92 bits per heavy atom. The van der Waals surface area contributed by atoms with Crippen molar-refractivity contribution in [3.05, 3.63) is 0 Å². The molecule has 1 saturated carbocycles. The first kappa shape index (κ1) is 10.5. The third kappa shape index (κ3) is 2.99. The van der Waals surface area contributed by atoms with Crippen LogP contribution < -0.4 is 0 Å². The Hall–Kier alpha value is -0.570. The van der Waals surface area contributed by atoms with Gasteiger partial charge < -0.3 is 4.74 Å². The lowest BCUT2D eigenvalue weighted by Gasteiger charge is -2.27. The zero-order chi connectivity index (χ0) is 9.84. The fraction of sp³-hybridized carbons (Fsp3) is 0.778. The van der Waals surface area contributed by atoms with E-state index < -0.39 is 0 Å². The first-order valence-corrected chi connectivity index (χ1v) is 4.85. The largest absolute Gasteiger partial charge is 0.462 e. The van der Waals surface area contributed by atoms with E-state index in [1.165, 1.54) is 6.92 Å². The minimum absolute atomic E-state index is 0.292. The first-order chi connectivity index (χ1) is 6.11. The molecule has 3 nitrogen and oxygen atoms in total. The van der Waals surface area contributed by atoms with Crippen molar-refractivity contribution < 1.29 is 14.3 Å². The van der Waals surface area contributed by atoms with Gasteiger partial charge in [0.15, 0.2) is 0 Å². The fourth-order valence-electron chi connectivity index (χ4n) is 1.71. The highest BCUT2D eigenvalue weighted by Crippen LogP contribution is 2.28. The molecule has 0 aromatic carbocycles. The van der Waals surface area contributed by atoms with E-state index in [0.29, 0.717) is 0 Å². The molecule has 0 aromatic heterocycles. The van der Waals surface area contributed by atoms with Gasteiger partial charge in [-0.25, -0.2) is 0 Å². The summed E-state index contributed by atoms with van der Waals surface area (Å²) in [5, 5.41) is -0.383. The van der Waals surface area contributed by atoms with Crippen LogP contribution in [0.5, 0.6) is 0 Å². The Bertz CT molecular complexity index is 215. The van der Waals surface area contributed by atoms with Gasteiger partial charge in [-0.1, -0.05) is 6.42 Å². The first-order valence-electron chi connectivity index (χ1n) is 4.48. The number of esters is 1. The summed E-state index contributed by atoms with van der Waals surface area (Å²) < 4.78 is 5.02. The Morgan fingerprint density at radius 1 is 1.31 bits per heavy atom. The second-order valence-electron chi connectivity index (χ2n) is 3.34. The molecule has 0 spiro atoms. The maximum Gasteiger partial charge on any atom is 0.302 e. The van der Waals surface area contributed by atoms with Gasteiger partial charge in [0, 0.05) is 6.92 Å². The van der Waals surface area contributed by atoms with Gasteiger partial charge in [0.2, 0.25) is 5.24 Å². The zero-order valence-electron chi connectivity index (χ0n) is 7.59. The smallest absolute Gasteiger partial charge is 0.302 e. The molecule has 2 atom stereocenters. The van der Waals surface area contributed by atoms with Crippen molar-refractivity contribution >= 4 is 22.8 Å². The van der Waals surface area contributed by atoms with Crippen molar-refractivity contribution in [1.29, 1.82) is 0 Å². The van der Waals surface area contributed by atoms with E-state index in [2.05, 4.69) is 0 Å². The lowest BCUT2D eigenvalue weighted by Crippen LogP contribution is -2.32.